The Hall–Kier alpha value is -0.610. The van der Waals surface area contributed by atoms with Crippen molar-refractivity contribution in [3.63, 3.8) is 0 Å². The van der Waals surface area contributed by atoms with E-state index in [1.165, 1.54) is 7.11 Å². The van der Waals surface area contributed by atoms with Crippen molar-refractivity contribution in [1.82, 2.24) is 5.32 Å². The van der Waals surface area contributed by atoms with Crippen LogP contribution in [0.3, 0.4) is 0 Å². The number of carbonyl (C=O) groups is 1. The third-order valence-electron chi connectivity index (χ3n) is 2.31. The minimum Gasteiger partial charge on any atom is -0.469 e. The number of nitrogens with one attached hydrogen (secondary N) is 1. The van der Waals surface area contributed by atoms with Gasteiger partial charge in [0.2, 0.25) is 0 Å². The average Bonchev–Trinajstić information content (AvgIpc) is 2.21. The first kappa shape index (κ1) is 13.4. The third kappa shape index (κ3) is 5.19. The monoisotopic (exact) mass is 203 g/mol. The van der Waals surface area contributed by atoms with E-state index in [9.17, 15) is 4.79 Å². The van der Waals surface area contributed by atoms with Crippen LogP contribution in [0.2, 0.25) is 0 Å². The van der Waals surface area contributed by atoms with Crippen molar-refractivity contribution in [3.8, 4) is 0 Å². The zero-order chi connectivity index (χ0) is 11.0. The SMILES string of the molecule is COCCCNC(C)C(C)C(=O)OC. The number of ether oxygens (including phenoxy) is 2. The number of hydrogen-bond acceptors (Lipinski definition) is 4. The van der Waals surface area contributed by atoms with E-state index in [-0.39, 0.29) is 17.9 Å². The first-order valence-electron chi connectivity index (χ1n) is 4.93. The van der Waals surface area contributed by atoms with Crippen molar-refractivity contribution in [3.05, 3.63) is 0 Å². The largest absolute Gasteiger partial charge is 0.469 e. The molecule has 0 saturated carbocycles. The van der Waals surface area contributed by atoms with Crippen LogP contribution < -0.4 is 5.32 Å². The molecule has 0 fully saturated rings. The van der Waals surface area contributed by atoms with Crippen molar-refractivity contribution < 1.29 is 14.3 Å². The van der Waals surface area contributed by atoms with Crippen LogP contribution in [0.15, 0.2) is 0 Å². The first-order valence-corrected chi connectivity index (χ1v) is 4.93. The molecular weight excluding hydrogens is 182 g/mol. The number of esters is 1. The van der Waals surface area contributed by atoms with Gasteiger partial charge in [0.15, 0.2) is 0 Å². The molecule has 0 rings (SSSR count). The fourth-order valence-electron chi connectivity index (χ4n) is 1.11. The lowest BCUT2D eigenvalue weighted by atomic mass is 10.0. The van der Waals surface area contributed by atoms with Crippen LogP contribution in [0.5, 0.6) is 0 Å². The van der Waals surface area contributed by atoms with E-state index in [2.05, 4.69) is 10.1 Å². The Bertz CT molecular complexity index is 161. The van der Waals surface area contributed by atoms with Gasteiger partial charge in [-0.15, -0.1) is 0 Å². The number of methoxy groups -OCH3 is 2. The summed E-state index contributed by atoms with van der Waals surface area (Å²) in [6.45, 7) is 5.44. The van der Waals surface area contributed by atoms with Gasteiger partial charge in [-0.25, -0.2) is 0 Å². The van der Waals surface area contributed by atoms with E-state index in [0.29, 0.717) is 0 Å². The van der Waals surface area contributed by atoms with Gasteiger partial charge in [-0.2, -0.15) is 0 Å². The van der Waals surface area contributed by atoms with E-state index in [1.54, 1.807) is 7.11 Å². The Morgan fingerprint density at radius 1 is 1.36 bits per heavy atom. The summed E-state index contributed by atoms with van der Waals surface area (Å²) in [5, 5.41) is 3.25. The van der Waals surface area contributed by atoms with Gasteiger partial charge in [0, 0.05) is 19.8 Å². The summed E-state index contributed by atoms with van der Waals surface area (Å²) >= 11 is 0. The second kappa shape index (κ2) is 7.76. The molecule has 0 bridgehead atoms. The van der Waals surface area contributed by atoms with Gasteiger partial charge in [-0.3, -0.25) is 4.79 Å². The van der Waals surface area contributed by atoms with Gasteiger partial charge in [-0.1, -0.05) is 6.92 Å². The standard InChI is InChI=1S/C10H21NO3/c1-8(10(12)14-4)9(2)11-6-5-7-13-3/h8-9,11H,5-7H2,1-4H3. The Balaban J connectivity index is 3.61. The number of hydrogen-bond donors (Lipinski definition) is 1. The highest BCUT2D eigenvalue weighted by molar-refractivity contribution is 5.72. The fraction of sp³-hybridized carbons (Fsp3) is 0.900. The molecule has 4 nitrogen and oxygen atoms in total. The maximum atomic E-state index is 11.2. The average molecular weight is 203 g/mol. The van der Waals surface area contributed by atoms with Gasteiger partial charge in [0.1, 0.15) is 0 Å². The van der Waals surface area contributed by atoms with Crippen molar-refractivity contribution >= 4 is 5.97 Å². The number of carbonyl (C=O) groups excluding carboxylic acids is 1. The minimum absolute atomic E-state index is 0.109. The lowest BCUT2D eigenvalue weighted by Gasteiger charge is -2.18. The quantitative estimate of drug-likeness (QED) is 0.491. The van der Waals surface area contributed by atoms with Gasteiger partial charge >= 0.3 is 5.97 Å². The van der Waals surface area contributed by atoms with Gasteiger partial charge < -0.3 is 14.8 Å². The van der Waals surface area contributed by atoms with Crippen LogP contribution in [0.4, 0.5) is 0 Å². The molecule has 4 heteroatoms. The van der Waals surface area contributed by atoms with E-state index in [4.69, 9.17) is 4.74 Å². The minimum atomic E-state index is -0.170. The van der Waals surface area contributed by atoms with E-state index in [1.807, 2.05) is 13.8 Å². The summed E-state index contributed by atoms with van der Waals surface area (Å²) in [7, 11) is 3.09. The highest BCUT2D eigenvalue weighted by atomic mass is 16.5. The molecule has 0 aromatic rings. The zero-order valence-electron chi connectivity index (χ0n) is 9.50. The highest BCUT2D eigenvalue weighted by Gasteiger charge is 2.19. The molecular formula is C10H21NO3. The molecule has 0 aromatic carbocycles. The predicted molar refractivity (Wildman–Crippen MR) is 55.1 cm³/mol. The maximum Gasteiger partial charge on any atom is 0.309 e. The van der Waals surface area contributed by atoms with Gasteiger partial charge in [0.05, 0.1) is 13.0 Å². The van der Waals surface area contributed by atoms with Crippen LogP contribution in [0.1, 0.15) is 20.3 Å². The normalized spacial score (nSPS) is 14.9. The van der Waals surface area contributed by atoms with Crippen LogP contribution in [0.25, 0.3) is 0 Å². The maximum absolute atomic E-state index is 11.2. The second-order valence-corrected chi connectivity index (χ2v) is 3.40. The van der Waals surface area contributed by atoms with Crippen LogP contribution in [-0.2, 0) is 14.3 Å². The number of rotatable bonds is 7. The van der Waals surface area contributed by atoms with E-state index in [0.717, 1.165) is 19.6 Å². The summed E-state index contributed by atoms with van der Waals surface area (Å²) < 4.78 is 9.58. The van der Waals surface area contributed by atoms with E-state index < -0.39 is 0 Å². The van der Waals surface area contributed by atoms with Crippen molar-refractivity contribution in [2.24, 2.45) is 5.92 Å². The molecule has 0 aliphatic rings. The summed E-state index contributed by atoms with van der Waals surface area (Å²) in [6.07, 6.45) is 0.953. The molecule has 14 heavy (non-hydrogen) atoms. The molecule has 0 spiro atoms. The summed E-state index contributed by atoms with van der Waals surface area (Å²) in [6, 6.07) is 0.138. The van der Waals surface area contributed by atoms with Crippen molar-refractivity contribution in [2.75, 3.05) is 27.4 Å². The molecule has 2 atom stereocenters. The van der Waals surface area contributed by atoms with Crippen LogP contribution >= 0.6 is 0 Å². The lowest BCUT2D eigenvalue weighted by Crippen LogP contribution is -2.37. The Morgan fingerprint density at radius 2 is 2.00 bits per heavy atom. The summed E-state index contributed by atoms with van der Waals surface area (Å²) in [5.41, 5.74) is 0. The highest BCUT2D eigenvalue weighted by Crippen LogP contribution is 2.04. The Morgan fingerprint density at radius 3 is 2.50 bits per heavy atom. The second-order valence-electron chi connectivity index (χ2n) is 3.40. The Labute approximate surface area is 86.0 Å². The molecule has 84 valence electrons. The first-order chi connectivity index (χ1) is 6.63. The molecule has 0 radical (unpaired) electrons. The van der Waals surface area contributed by atoms with Crippen molar-refractivity contribution in [2.45, 2.75) is 26.3 Å². The van der Waals surface area contributed by atoms with Crippen molar-refractivity contribution in [1.29, 1.82) is 0 Å². The molecule has 0 amide bonds. The summed E-state index contributed by atoms with van der Waals surface area (Å²) in [5.74, 6) is -0.278. The zero-order valence-corrected chi connectivity index (χ0v) is 9.50. The Kier molecular flexibility index (Phi) is 7.42. The third-order valence-corrected chi connectivity index (χ3v) is 2.31. The molecule has 1 N–H and O–H groups in total. The molecule has 2 unspecified atom stereocenters. The van der Waals surface area contributed by atoms with Gasteiger partial charge in [-0.05, 0) is 19.9 Å². The molecule has 0 heterocycles. The molecule has 0 aliphatic heterocycles. The summed E-state index contributed by atoms with van der Waals surface area (Å²) in [4.78, 5) is 11.2. The lowest BCUT2D eigenvalue weighted by molar-refractivity contribution is -0.145. The van der Waals surface area contributed by atoms with Gasteiger partial charge in [0.25, 0.3) is 0 Å². The molecule has 0 aliphatic carbocycles. The van der Waals surface area contributed by atoms with E-state index >= 15 is 0 Å². The van der Waals surface area contributed by atoms with Crippen LogP contribution in [-0.4, -0.2) is 39.4 Å². The molecule has 0 aromatic heterocycles. The smallest absolute Gasteiger partial charge is 0.309 e. The fourth-order valence-corrected chi connectivity index (χ4v) is 1.11. The topological polar surface area (TPSA) is 47.6 Å². The molecule has 0 saturated heterocycles. The predicted octanol–water partition coefficient (Wildman–Crippen LogP) is 0.810. The van der Waals surface area contributed by atoms with Crippen LogP contribution in [0, 0.1) is 5.92 Å².